The number of sulfonamides is 1. The summed E-state index contributed by atoms with van der Waals surface area (Å²) in [7, 11) is -3.73. The van der Waals surface area contributed by atoms with Gasteiger partial charge in [0.1, 0.15) is 12.4 Å². The molecule has 7 heteroatoms. The van der Waals surface area contributed by atoms with Gasteiger partial charge in [-0.3, -0.25) is 9.10 Å². The Balaban J connectivity index is 1.81. The minimum absolute atomic E-state index is 0.0838. The van der Waals surface area contributed by atoms with Gasteiger partial charge in [-0.1, -0.05) is 18.2 Å². The molecule has 0 saturated carbocycles. The molecule has 2 aromatic rings. The third kappa shape index (κ3) is 2.96. The van der Waals surface area contributed by atoms with Crippen molar-refractivity contribution in [2.75, 3.05) is 28.9 Å². The number of fused-ring (bicyclic) bond motifs is 2. The van der Waals surface area contributed by atoms with Crippen molar-refractivity contribution in [2.45, 2.75) is 31.6 Å². The van der Waals surface area contributed by atoms with Crippen molar-refractivity contribution in [1.82, 2.24) is 0 Å². The smallest absolute Gasteiger partial charge is 0.264 e. The highest BCUT2D eigenvalue weighted by Gasteiger charge is 2.32. The maximum Gasteiger partial charge on any atom is 0.264 e. The summed E-state index contributed by atoms with van der Waals surface area (Å²) >= 11 is 0. The molecule has 0 aliphatic carbocycles. The second-order valence-electron chi connectivity index (χ2n) is 6.91. The first kappa shape index (κ1) is 17.9. The van der Waals surface area contributed by atoms with Crippen LogP contribution in [0.4, 0.5) is 11.4 Å². The normalized spacial score (nSPS) is 16.4. The first-order valence-electron chi connectivity index (χ1n) is 9.06. The molecular weight excluding hydrogens is 364 g/mol. The van der Waals surface area contributed by atoms with E-state index >= 15 is 0 Å². The van der Waals surface area contributed by atoms with Crippen molar-refractivity contribution < 1.29 is 17.9 Å². The van der Waals surface area contributed by atoms with Crippen molar-refractivity contribution in [2.24, 2.45) is 0 Å². The fourth-order valence-corrected chi connectivity index (χ4v) is 5.59. The number of benzene rings is 2. The number of amides is 1. The van der Waals surface area contributed by atoms with E-state index in [2.05, 4.69) is 0 Å². The maximum atomic E-state index is 13.5. The number of aryl methyl sites for hydroxylation is 2. The van der Waals surface area contributed by atoms with E-state index in [0.29, 0.717) is 36.7 Å². The van der Waals surface area contributed by atoms with Crippen LogP contribution in [-0.4, -0.2) is 34.0 Å². The second-order valence-corrected chi connectivity index (χ2v) is 8.74. The molecule has 2 aromatic carbocycles. The van der Waals surface area contributed by atoms with Gasteiger partial charge in [-0.25, -0.2) is 8.42 Å². The van der Waals surface area contributed by atoms with E-state index in [9.17, 15) is 13.2 Å². The van der Waals surface area contributed by atoms with Crippen LogP contribution in [0.1, 0.15) is 24.5 Å². The Labute approximate surface area is 159 Å². The van der Waals surface area contributed by atoms with Crippen LogP contribution in [0.15, 0.2) is 41.3 Å². The quantitative estimate of drug-likeness (QED) is 0.796. The predicted molar refractivity (Wildman–Crippen MR) is 104 cm³/mol. The molecule has 2 heterocycles. The molecule has 6 nitrogen and oxygen atoms in total. The third-order valence-corrected chi connectivity index (χ3v) is 7.09. The molecule has 2 aliphatic heterocycles. The minimum atomic E-state index is -3.73. The number of carbonyl (C=O) groups is 1. The van der Waals surface area contributed by atoms with Crippen molar-refractivity contribution in [1.29, 1.82) is 0 Å². The van der Waals surface area contributed by atoms with Crippen LogP contribution in [0.2, 0.25) is 0 Å². The Morgan fingerprint density at radius 3 is 2.67 bits per heavy atom. The highest BCUT2D eigenvalue weighted by molar-refractivity contribution is 7.92. The van der Waals surface area contributed by atoms with Crippen molar-refractivity contribution >= 4 is 27.3 Å². The zero-order valence-electron chi connectivity index (χ0n) is 15.4. The number of carbonyl (C=O) groups excluding carboxylic acids is 1. The Bertz CT molecular complexity index is 1020. The molecule has 0 aromatic heterocycles. The molecular formula is C20H22N2O4S. The van der Waals surface area contributed by atoms with Gasteiger partial charge in [0.15, 0.2) is 0 Å². The molecule has 0 spiro atoms. The SMILES string of the molecule is CC(=O)N1CCOc2cc(S(=O)(=O)N3CCCc4ccccc43)c(C)cc21. The summed E-state index contributed by atoms with van der Waals surface area (Å²) in [5, 5.41) is 0. The molecule has 0 radical (unpaired) electrons. The number of ether oxygens (including phenoxy) is 1. The van der Waals surface area contributed by atoms with Gasteiger partial charge in [-0.05, 0) is 43.0 Å². The molecule has 2 aliphatic rings. The Kier molecular flexibility index (Phi) is 4.34. The molecule has 0 bridgehead atoms. The van der Waals surface area contributed by atoms with E-state index < -0.39 is 10.0 Å². The maximum absolute atomic E-state index is 13.5. The monoisotopic (exact) mass is 386 g/mol. The van der Waals surface area contributed by atoms with E-state index in [1.807, 2.05) is 24.3 Å². The zero-order valence-corrected chi connectivity index (χ0v) is 16.3. The second kappa shape index (κ2) is 6.56. The number of para-hydroxylation sites is 1. The molecule has 1 amide bonds. The molecule has 0 saturated heterocycles. The van der Waals surface area contributed by atoms with Crippen LogP contribution in [-0.2, 0) is 21.2 Å². The zero-order chi connectivity index (χ0) is 19.2. The first-order valence-corrected chi connectivity index (χ1v) is 10.5. The number of rotatable bonds is 2. The Morgan fingerprint density at radius 1 is 1.11 bits per heavy atom. The molecule has 142 valence electrons. The molecule has 4 rings (SSSR count). The Morgan fingerprint density at radius 2 is 1.89 bits per heavy atom. The molecule has 0 fully saturated rings. The van der Waals surface area contributed by atoms with Crippen LogP contribution in [0.5, 0.6) is 5.75 Å². The standard InChI is InChI=1S/C20H22N2O4S/c1-14-12-18-19(26-11-10-21(18)15(2)23)13-20(14)27(24,25)22-9-5-7-16-6-3-4-8-17(16)22/h3-4,6,8,12-13H,5,7,9-11H2,1-2H3. The van der Waals surface area contributed by atoms with Crippen molar-refractivity contribution in [3.63, 3.8) is 0 Å². The lowest BCUT2D eigenvalue weighted by molar-refractivity contribution is -0.116. The summed E-state index contributed by atoms with van der Waals surface area (Å²) in [5.74, 6) is 0.352. The highest BCUT2D eigenvalue weighted by atomic mass is 32.2. The molecule has 0 unspecified atom stereocenters. The van der Waals surface area contributed by atoms with E-state index in [4.69, 9.17) is 4.74 Å². The highest BCUT2D eigenvalue weighted by Crippen LogP contribution is 2.39. The number of anilines is 2. The van der Waals surface area contributed by atoms with Gasteiger partial charge in [0.2, 0.25) is 5.91 Å². The molecule has 0 atom stereocenters. The van der Waals surface area contributed by atoms with Crippen LogP contribution in [0.3, 0.4) is 0 Å². The Hall–Kier alpha value is -2.54. The lowest BCUT2D eigenvalue weighted by Crippen LogP contribution is -2.37. The lowest BCUT2D eigenvalue weighted by atomic mass is 10.0. The first-order chi connectivity index (χ1) is 12.9. The van der Waals surface area contributed by atoms with Gasteiger partial charge in [-0.2, -0.15) is 0 Å². The average molecular weight is 386 g/mol. The summed E-state index contributed by atoms with van der Waals surface area (Å²) in [6.45, 7) is 4.53. The van der Waals surface area contributed by atoms with Gasteiger partial charge in [0.25, 0.3) is 10.0 Å². The number of hydrogen-bond acceptors (Lipinski definition) is 4. The van der Waals surface area contributed by atoms with E-state index in [-0.39, 0.29) is 10.8 Å². The van der Waals surface area contributed by atoms with Crippen LogP contribution >= 0.6 is 0 Å². The van der Waals surface area contributed by atoms with Gasteiger partial charge >= 0.3 is 0 Å². The summed E-state index contributed by atoms with van der Waals surface area (Å²) in [5.41, 5.74) is 3.02. The summed E-state index contributed by atoms with van der Waals surface area (Å²) in [6.07, 6.45) is 1.66. The van der Waals surface area contributed by atoms with Crippen LogP contribution < -0.4 is 13.9 Å². The number of nitrogens with zero attached hydrogens (tertiary/aromatic N) is 2. The lowest BCUT2D eigenvalue weighted by Gasteiger charge is -2.32. The van der Waals surface area contributed by atoms with Crippen molar-refractivity contribution in [3.8, 4) is 5.75 Å². The minimum Gasteiger partial charge on any atom is -0.489 e. The van der Waals surface area contributed by atoms with E-state index in [1.165, 1.54) is 11.2 Å². The topological polar surface area (TPSA) is 66.9 Å². The average Bonchev–Trinajstić information content (AvgIpc) is 2.66. The third-order valence-electron chi connectivity index (χ3n) is 5.14. The molecule has 27 heavy (non-hydrogen) atoms. The van der Waals surface area contributed by atoms with Crippen LogP contribution in [0, 0.1) is 6.92 Å². The van der Waals surface area contributed by atoms with Gasteiger partial charge in [0, 0.05) is 19.5 Å². The van der Waals surface area contributed by atoms with Crippen molar-refractivity contribution in [3.05, 3.63) is 47.5 Å². The van der Waals surface area contributed by atoms with Gasteiger partial charge < -0.3 is 9.64 Å². The van der Waals surface area contributed by atoms with Gasteiger partial charge in [0.05, 0.1) is 22.8 Å². The predicted octanol–water partition coefficient (Wildman–Crippen LogP) is 2.88. The van der Waals surface area contributed by atoms with Crippen LogP contribution in [0.25, 0.3) is 0 Å². The van der Waals surface area contributed by atoms with E-state index in [1.54, 1.807) is 24.0 Å². The summed E-state index contributed by atoms with van der Waals surface area (Å²) in [6, 6.07) is 10.9. The summed E-state index contributed by atoms with van der Waals surface area (Å²) in [4.78, 5) is 13.7. The van der Waals surface area contributed by atoms with E-state index in [0.717, 1.165) is 24.1 Å². The molecule has 0 N–H and O–H groups in total. The van der Waals surface area contributed by atoms with Gasteiger partial charge in [-0.15, -0.1) is 0 Å². The number of hydrogen-bond donors (Lipinski definition) is 0. The largest absolute Gasteiger partial charge is 0.489 e. The fourth-order valence-electron chi connectivity index (χ4n) is 3.82. The fraction of sp³-hybridized carbons (Fsp3) is 0.350. The summed E-state index contributed by atoms with van der Waals surface area (Å²) < 4.78 is 34.1.